The molecule has 0 saturated carbocycles. The molecule has 2 aromatic rings. The van der Waals surface area contributed by atoms with Crippen molar-refractivity contribution in [3.8, 4) is 0 Å². The second-order valence-corrected chi connectivity index (χ2v) is 8.54. The number of imide groups is 1. The van der Waals surface area contributed by atoms with E-state index in [9.17, 15) is 39.4 Å². The Morgan fingerprint density at radius 1 is 0.917 bits per heavy atom. The predicted molar refractivity (Wildman–Crippen MR) is 123 cm³/mol. The Kier molecular flexibility index (Phi) is 6.43. The summed E-state index contributed by atoms with van der Waals surface area (Å²) in [6.07, 6.45) is 3.93. The average Bonchev–Trinajstić information content (AvgIpc) is 3.12. The molecule has 0 unspecified atom stereocenters. The first-order chi connectivity index (χ1) is 17.1. The Hall–Kier alpha value is -4.74. The Balaban J connectivity index is 1.69. The summed E-state index contributed by atoms with van der Waals surface area (Å²) in [5.74, 6) is -4.40. The summed E-state index contributed by atoms with van der Waals surface area (Å²) in [7, 11) is 0. The number of ketones is 1. The lowest BCUT2D eigenvalue weighted by Gasteiger charge is -2.30. The van der Waals surface area contributed by atoms with E-state index in [0.29, 0.717) is 11.4 Å². The monoisotopic (exact) mass is 492 g/mol. The van der Waals surface area contributed by atoms with Crippen molar-refractivity contribution in [2.75, 3.05) is 6.54 Å². The highest BCUT2D eigenvalue weighted by molar-refractivity contribution is 6.10. The Morgan fingerprint density at radius 3 is 1.94 bits per heavy atom. The fraction of sp³-hybridized carbons (Fsp3) is 0.250. The number of Topliss-reactive ketones (excluding diaryl/α,β-unsaturated/α-hetero) is 1. The number of carbonyl (C=O) groups is 4. The van der Waals surface area contributed by atoms with Gasteiger partial charge in [-0.15, -0.1) is 0 Å². The van der Waals surface area contributed by atoms with Crippen LogP contribution >= 0.6 is 0 Å². The van der Waals surface area contributed by atoms with Gasteiger partial charge in [-0.1, -0.05) is 19.1 Å². The average molecular weight is 492 g/mol. The van der Waals surface area contributed by atoms with Gasteiger partial charge in [-0.3, -0.25) is 39.4 Å². The maximum atomic E-state index is 13.5. The summed E-state index contributed by atoms with van der Waals surface area (Å²) < 4.78 is 0. The molecule has 184 valence electrons. The lowest BCUT2D eigenvalue weighted by molar-refractivity contribution is -0.385. The molecule has 12 nitrogen and oxygen atoms in total. The number of amides is 3. The van der Waals surface area contributed by atoms with E-state index >= 15 is 0 Å². The fourth-order valence-electron chi connectivity index (χ4n) is 4.47. The van der Waals surface area contributed by atoms with Crippen molar-refractivity contribution in [1.29, 1.82) is 0 Å². The lowest BCUT2D eigenvalue weighted by atomic mass is 9.78. The highest BCUT2D eigenvalue weighted by Crippen LogP contribution is 2.39. The molecule has 0 aromatic heterocycles. The van der Waals surface area contributed by atoms with Crippen LogP contribution in [-0.2, 0) is 9.59 Å². The van der Waals surface area contributed by atoms with E-state index in [1.807, 2.05) is 6.08 Å². The largest absolute Gasteiger partial charge is 0.292 e. The van der Waals surface area contributed by atoms with E-state index in [2.05, 4.69) is 0 Å². The Morgan fingerprint density at radius 2 is 1.44 bits per heavy atom. The van der Waals surface area contributed by atoms with Gasteiger partial charge in [-0.25, -0.2) is 5.01 Å². The summed E-state index contributed by atoms with van der Waals surface area (Å²) >= 11 is 0. The molecule has 3 amide bonds. The first-order valence-corrected chi connectivity index (χ1v) is 11.0. The zero-order chi connectivity index (χ0) is 26.1. The quantitative estimate of drug-likeness (QED) is 0.187. The molecular formula is C24H20N4O8. The number of hydrogen-bond donors (Lipinski definition) is 0. The maximum absolute atomic E-state index is 13.5. The van der Waals surface area contributed by atoms with Crippen molar-refractivity contribution < 1.29 is 29.0 Å². The number of rotatable bonds is 7. The lowest BCUT2D eigenvalue weighted by Crippen LogP contribution is -2.52. The van der Waals surface area contributed by atoms with E-state index < -0.39 is 51.7 Å². The number of non-ortho nitro benzene ring substituents is 2. The van der Waals surface area contributed by atoms with Gasteiger partial charge in [-0.2, -0.15) is 5.01 Å². The van der Waals surface area contributed by atoms with Crippen LogP contribution in [0.1, 0.15) is 34.1 Å². The predicted octanol–water partition coefficient (Wildman–Crippen LogP) is 2.94. The van der Waals surface area contributed by atoms with Crippen LogP contribution < -0.4 is 0 Å². The van der Waals surface area contributed by atoms with Gasteiger partial charge in [0.05, 0.1) is 21.7 Å². The number of allylic oxidation sites excluding steroid dienone is 2. The van der Waals surface area contributed by atoms with Crippen molar-refractivity contribution in [2.24, 2.45) is 17.8 Å². The summed E-state index contributed by atoms with van der Waals surface area (Å²) in [6.45, 7) is 1.08. The number of nitro benzene ring substituents is 2. The molecule has 4 rings (SSSR count). The standard InChI is InChI=1S/C24H20N4O8/c1-14-3-2-4-19-21(14)24(32)26(23(19)31)25(22(30)16-7-11-18(12-8-16)28(35)36)13-20(29)15-5-9-17(10-6-15)27(33)34/h2-3,5-12,14,19,21H,4,13H2,1H3/t14-,19-,21+/m1/s1. The minimum Gasteiger partial charge on any atom is -0.292 e. The van der Waals surface area contributed by atoms with Gasteiger partial charge in [0.2, 0.25) is 0 Å². The minimum absolute atomic E-state index is 0.0358. The molecule has 0 radical (unpaired) electrons. The van der Waals surface area contributed by atoms with E-state index in [-0.39, 0.29) is 28.4 Å². The zero-order valence-electron chi connectivity index (χ0n) is 19.0. The molecule has 1 saturated heterocycles. The molecular weight excluding hydrogens is 472 g/mol. The molecule has 12 heteroatoms. The van der Waals surface area contributed by atoms with Crippen molar-refractivity contribution in [1.82, 2.24) is 10.0 Å². The molecule has 1 fully saturated rings. The third-order valence-corrected chi connectivity index (χ3v) is 6.34. The number of fused-ring (bicyclic) bond motifs is 1. The summed E-state index contributed by atoms with van der Waals surface area (Å²) in [6, 6.07) is 9.24. The molecule has 0 N–H and O–H groups in total. The third-order valence-electron chi connectivity index (χ3n) is 6.34. The molecule has 1 aliphatic carbocycles. The first-order valence-electron chi connectivity index (χ1n) is 11.0. The summed E-state index contributed by atoms with van der Waals surface area (Å²) in [5.41, 5.74) is -0.535. The molecule has 2 aromatic carbocycles. The van der Waals surface area contributed by atoms with Gasteiger partial charge in [0, 0.05) is 35.4 Å². The fourth-order valence-corrected chi connectivity index (χ4v) is 4.47. The SMILES string of the molecule is C[C@@H]1C=CC[C@H]2C(=O)N(N(CC(=O)c3ccc([N+](=O)[O-])cc3)C(=O)c3ccc([N+](=O)[O-])cc3)C(=O)[C@@H]12. The van der Waals surface area contributed by atoms with Crippen molar-refractivity contribution in [3.63, 3.8) is 0 Å². The van der Waals surface area contributed by atoms with Gasteiger partial charge >= 0.3 is 0 Å². The van der Waals surface area contributed by atoms with Crippen LogP contribution in [0.5, 0.6) is 0 Å². The smallest absolute Gasteiger partial charge is 0.273 e. The molecule has 36 heavy (non-hydrogen) atoms. The van der Waals surface area contributed by atoms with E-state index in [1.54, 1.807) is 13.0 Å². The van der Waals surface area contributed by atoms with E-state index in [1.165, 1.54) is 24.3 Å². The molecule has 1 heterocycles. The summed E-state index contributed by atoms with van der Waals surface area (Å²) in [5, 5.41) is 23.3. The van der Waals surface area contributed by atoms with Gasteiger partial charge in [0.1, 0.15) is 6.54 Å². The van der Waals surface area contributed by atoms with Crippen LogP contribution in [-0.4, -0.2) is 49.9 Å². The van der Waals surface area contributed by atoms with E-state index in [4.69, 9.17) is 0 Å². The van der Waals surface area contributed by atoms with Crippen LogP contribution in [0.2, 0.25) is 0 Å². The topological polar surface area (TPSA) is 161 Å². The zero-order valence-corrected chi connectivity index (χ0v) is 19.0. The van der Waals surface area contributed by atoms with E-state index in [0.717, 1.165) is 29.3 Å². The van der Waals surface area contributed by atoms with Gasteiger partial charge in [-0.05, 0) is 36.6 Å². The van der Waals surface area contributed by atoms with Crippen molar-refractivity contribution in [3.05, 3.63) is 92.0 Å². The van der Waals surface area contributed by atoms with Crippen LogP contribution in [0.25, 0.3) is 0 Å². The van der Waals surface area contributed by atoms with Crippen LogP contribution in [0.3, 0.4) is 0 Å². The normalized spacial score (nSPS) is 20.7. The summed E-state index contributed by atoms with van der Waals surface area (Å²) in [4.78, 5) is 73.7. The number of hydrogen-bond acceptors (Lipinski definition) is 8. The highest BCUT2D eigenvalue weighted by atomic mass is 16.6. The molecule has 0 bridgehead atoms. The van der Waals surface area contributed by atoms with Gasteiger partial charge in [0.25, 0.3) is 29.1 Å². The maximum Gasteiger partial charge on any atom is 0.273 e. The number of carbonyl (C=O) groups excluding carboxylic acids is 4. The van der Waals surface area contributed by atoms with Gasteiger partial charge in [0.15, 0.2) is 5.78 Å². The second-order valence-electron chi connectivity index (χ2n) is 8.54. The van der Waals surface area contributed by atoms with Gasteiger partial charge < -0.3 is 0 Å². The molecule has 2 aliphatic rings. The van der Waals surface area contributed by atoms with Crippen LogP contribution in [0, 0.1) is 38.0 Å². The molecule has 3 atom stereocenters. The Bertz CT molecular complexity index is 1300. The van der Waals surface area contributed by atoms with Crippen molar-refractivity contribution in [2.45, 2.75) is 13.3 Å². The highest BCUT2D eigenvalue weighted by Gasteiger charge is 2.53. The number of benzene rings is 2. The Labute approximate surface area is 204 Å². The number of nitro groups is 2. The van der Waals surface area contributed by atoms with Crippen LogP contribution in [0.4, 0.5) is 11.4 Å². The third kappa shape index (κ3) is 4.35. The first kappa shape index (κ1) is 24.4. The minimum atomic E-state index is -0.874. The number of hydrazine groups is 1. The van der Waals surface area contributed by atoms with Crippen LogP contribution in [0.15, 0.2) is 60.7 Å². The van der Waals surface area contributed by atoms with Crippen molar-refractivity contribution >= 4 is 34.9 Å². The molecule has 0 spiro atoms. The molecule has 1 aliphatic heterocycles. The number of nitrogens with zero attached hydrogens (tertiary/aromatic N) is 4. The second kappa shape index (κ2) is 9.49.